The lowest BCUT2D eigenvalue weighted by atomic mass is 9.89. The quantitative estimate of drug-likeness (QED) is 0.571. The van der Waals surface area contributed by atoms with E-state index in [0.29, 0.717) is 5.92 Å². The summed E-state index contributed by atoms with van der Waals surface area (Å²) in [5.41, 5.74) is 0. The minimum atomic E-state index is 0.589. The van der Waals surface area contributed by atoms with Crippen LogP contribution in [0.3, 0.4) is 0 Å². The van der Waals surface area contributed by atoms with Gasteiger partial charge in [0.05, 0.1) is 5.84 Å². The first-order chi connectivity index (χ1) is 8.18. The van der Waals surface area contributed by atoms with Crippen molar-refractivity contribution in [2.75, 3.05) is 13.1 Å². The van der Waals surface area contributed by atoms with Crippen LogP contribution in [-0.4, -0.2) is 23.8 Å². The van der Waals surface area contributed by atoms with Gasteiger partial charge in [-0.15, -0.1) is 0 Å². The Labute approximate surface area is 106 Å². The maximum atomic E-state index is 8.38. The van der Waals surface area contributed by atoms with Gasteiger partial charge in [-0.05, 0) is 43.9 Å². The van der Waals surface area contributed by atoms with Crippen molar-refractivity contribution in [3.05, 3.63) is 0 Å². The predicted octanol–water partition coefficient (Wildman–Crippen LogP) is 3.91. The fraction of sp³-hybridized carbons (Fsp3) is 0.933. The number of amidine groups is 1. The number of hydrogen-bond acceptors (Lipinski definition) is 1. The zero-order chi connectivity index (χ0) is 12.3. The molecule has 0 spiro atoms. The summed E-state index contributed by atoms with van der Waals surface area (Å²) in [6, 6.07) is 0. The van der Waals surface area contributed by atoms with Crippen molar-refractivity contribution in [2.45, 2.75) is 58.8 Å². The first kappa shape index (κ1) is 12.9. The third-order valence-corrected chi connectivity index (χ3v) is 4.80. The highest BCUT2D eigenvalue weighted by Gasteiger charge is 2.26. The van der Waals surface area contributed by atoms with E-state index in [2.05, 4.69) is 18.7 Å². The van der Waals surface area contributed by atoms with Crippen LogP contribution in [0, 0.1) is 23.2 Å². The SMILES string of the molecule is CC(C)C1CCCN(C(=N)C2CCCC2)CC1. The Morgan fingerprint density at radius 1 is 1.00 bits per heavy atom. The highest BCUT2D eigenvalue weighted by Crippen LogP contribution is 2.29. The molecule has 98 valence electrons. The second-order valence-electron chi connectivity index (χ2n) is 6.29. The number of nitrogens with zero attached hydrogens (tertiary/aromatic N) is 1. The summed E-state index contributed by atoms with van der Waals surface area (Å²) < 4.78 is 0. The molecule has 1 unspecified atom stereocenters. The summed E-state index contributed by atoms with van der Waals surface area (Å²) in [7, 11) is 0. The number of rotatable bonds is 2. The zero-order valence-electron chi connectivity index (χ0n) is 11.5. The second kappa shape index (κ2) is 5.88. The van der Waals surface area contributed by atoms with E-state index in [1.54, 1.807) is 0 Å². The van der Waals surface area contributed by atoms with Gasteiger partial charge in [0, 0.05) is 19.0 Å². The molecule has 1 saturated carbocycles. The van der Waals surface area contributed by atoms with E-state index in [-0.39, 0.29) is 0 Å². The maximum Gasteiger partial charge on any atom is 0.0989 e. The summed E-state index contributed by atoms with van der Waals surface area (Å²) in [5.74, 6) is 3.25. The molecule has 2 nitrogen and oxygen atoms in total. The molecule has 1 aliphatic heterocycles. The van der Waals surface area contributed by atoms with Gasteiger partial charge < -0.3 is 4.90 Å². The summed E-state index contributed by atoms with van der Waals surface area (Å²) in [6.45, 7) is 6.97. The lowest BCUT2D eigenvalue weighted by Crippen LogP contribution is -2.35. The normalized spacial score (nSPS) is 27.5. The number of nitrogens with one attached hydrogen (secondary N) is 1. The first-order valence-electron chi connectivity index (χ1n) is 7.52. The van der Waals surface area contributed by atoms with E-state index in [9.17, 15) is 0 Å². The molecule has 0 aromatic rings. The molecular weight excluding hydrogens is 208 g/mol. The third-order valence-electron chi connectivity index (χ3n) is 4.80. The molecule has 17 heavy (non-hydrogen) atoms. The average Bonchev–Trinajstić information content (AvgIpc) is 2.71. The highest BCUT2D eigenvalue weighted by molar-refractivity contribution is 5.81. The van der Waals surface area contributed by atoms with Crippen molar-refractivity contribution >= 4 is 5.84 Å². The van der Waals surface area contributed by atoms with Crippen molar-refractivity contribution in [3.63, 3.8) is 0 Å². The highest BCUT2D eigenvalue weighted by atomic mass is 15.2. The fourth-order valence-electron chi connectivity index (χ4n) is 3.49. The molecule has 2 rings (SSSR count). The van der Waals surface area contributed by atoms with Gasteiger partial charge in [-0.25, -0.2) is 0 Å². The molecule has 1 N–H and O–H groups in total. The van der Waals surface area contributed by atoms with Gasteiger partial charge in [-0.3, -0.25) is 5.41 Å². The monoisotopic (exact) mass is 236 g/mol. The lowest BCUT2D eigenvalue weighted by Gasteiger charge is -2.27. The zero-order valence-corrected chi connectivity index (χ0v) is 11.5. The lowest BCUT2D eigenvalue weighted by molar-refractivity contribution is 0.336. The van der Waals surface area contributed by atoms with Crippen LogP contribution < -0.4 is 0 Å². The molecule has 1 aliphatic carbocycles. The fourth-order valence-corrected chi connectivity index (χ4v) is 3.49. The minimum absolute atomic E-state index is 0.589. The molecule has 2 heteroatoms. The second-order valence-corrected chi connectivity index (χ2v) is 6.29. The van der Waals surface area contributed by atoms with Gasteiger partial charge in [0.2, 0.25) is 0 Å². The molecule has 0 amide bonds. The molecule has 0 aromatic carbocycles. The maximum absolute atomic E-state index is 8.38. The molecule has 0 radical (unpaired) electrons. The molecule has 1 heterocycles. The smallest absolute Gasteiger partial charge is 0.0989 e. The Balaban J connectivity index is 1.87. The summed E-state index contributed by atoms with van der Waals surface area (Å²) in [5, 5.41) is 8.38. The molecule has 0 bridgehead atoms. The summed E-state index contributed by atoms with van der Waals surface area (Å²) in [4.78, 5) is 2.39. The van der Waals surface area contributed by atoms with E-state index in [4.69, 9.17) is 5.41 Å². The van der Waals surface area contributed by atoms with Crippen molar-refractivity contribution in [1.82, 2.24) is 4.90 Å². The average molecular weight is 236 g/mol. The molecule has 1 saturated heterocycles. The molecule has 0 aromatic heterocycles. The van der Waals surface area contributed by atoms with Crippen molar-refractivity contribution in [1.29, 1.82) is 5.41 Å². The van der Waals surface area contributed by atoms with Crippen molar-refractivity contribution < 1.29 is 0 Å². The van der Waals surface area contributed by atoms with E-state index >= 15 is 0 Å². The molecule has 1 atom stereocenters. The summed E-state index contributed by atoms with van der Waals surface area (Å²) >= 11 is 0. The van der Waals surface area contributed by atoms with Gasteiger partial charge >= 0.3 is 0 Å². The van der Waals surface area contributed by atoms with Crippen LogP contribution in [0.2, 0.25) is 0 Å². The molecule has 2 fully saturated rings. The van der Waals surface area contributed by atoms with Crippen LogP contribution in [0.1, 0.15) is 58.8 Å². The van der Waals surface area contributed by atoms with Crippen LogP contribution in [0.5, 0.6) is 0 Å². The van der Waals surface area contributed by atoms with Gasteiger partial charge in [0.1, 0.15) is 0 Å². The number of hydrogen-bond donors (Lipinski definition) is 1. The minimum Gasteiger partial charge on any atom is -0.360 e. The molecule has 2 aliphatic rings. The molecular formula is C15H28N2. The van der Waals surface area contributed by atoms with Gasteiger partial charge in [-0.2, -0.15) is 0 Å². The van der Waals surface area contributed by atoms with Crippen molar-refractivity contribution in [3.8, 4) is 0 Å². The topological polar surface area (TPSA) is 27.1 Å². The van der Waals surface area contributed by atoms with E-state index in [1.165, 1.54) is 44.9 Å². The van der Waals surface area contributed by atoms with Crippen molar-refractivity contribution in [2.24, 2.45) is 17.8 Å². The Kier molecular flexibility index (Phi) is 4.47. The predicted molar refractivity (Wildman–Crippen MR) is 73.4 cm³/mol. The standard InChI is InChI=1S/C15H28N2/c1-12(2)13-8-5-10-17(11-9-13)15(16)14-6-3-4-7-14/h12-14,16H,3-11H2,1-2H3. The Morgan fingerprint density at radius 3 is 2.35 bits per heavy atom. The van der Waals surface area contributed by atoms with E-state index in [0.717, 1.165) is 30.8 Å². The Morgan fingerprint density at radius 2 is 1.71 bits per heavy atom. The van der Waals surface area contributed by atoms with Gasteiger partial charge in [0.15, 0.2) is 0 Å². The number of likely N-dealkylation sites (tertiary alicyclic amines) is 1. The van der Waals surface area contributed by atoms with Crippen LogP contribution >= 0.6 is 0 Å². The Bertz CT molecular complexity index is 254. The van der Waals surface area contributed by atoms with Gasteiger partial charge in [0.25, 0.3) is 0 Å². The van der Waals surface area contributed by atoms with Crippen LogP contribution in [0.4, 0.5) is 0 Å². The van der Waals surface area contributed by atoms with E-state index in [1.807, 2.05) is 0 Å². The van der Waals surface area contributed by atoms with Crippen LogP contribution in [-0.2, 0) is 0 Å². The van der Waals surface area contributed by atoms with E-state index < -0.39 is 0 Å². The van der Waals surface area contributed by atoms with Crippen LogP contribution in [0.25, 0.3) is 0 Å². The van der Waals surface area contributed by atoms with Gasteiger partial charge in [-0.1, -0.05) is 26.7 Å². The third kappa shape index (κ3) is 3.23. The first-order valence-corrected chi connectivity index (χ1v) is 7.52. The Hall–Kier alpha value is -0.530. The largest absolute Gasteiger partial charge is 0.360 e. The summed E-state index contributed by atoms with van der Waals surface area (Å²) in [6.07, 6.45) is 9.17. The van der Waals surface area contributed by atoms with Crippen LogP contribution in [0.15, 0.2) is 0 Å².